The number of halogens is 2. The Bertz CT molecular complexity index is 979. The van der Waals surface area contributed by atoms with E-state index in [9.17, 15) is 9.59 Å². The first-order chi connectivity index (χ1) is 14.8. The number of anilines is 1. The number of hydrogen-bond acceptors (Lipinski definition) is 6. The predicted octanol–water partition coefficient (Wildman–Crippen LogP) is 3.42. The van der Waals surface area contributed by atoms with Crippen LogP contribution in [0.4, 0.5) is 5.69 Å². The molecule has 168 valence electrons. The normalized spacial score (nSPS) is 16.4. The summed E-state index contributed by atoms with van der Waals surface area (Å²) in [6.45, 7) is 7.36. The SMILES string of the molecule is CCOC(=O)c1c(Cl)c(C)nn1CC(=O)N1CCN(c2ccc(Cl)c(OC)c2)CC1C. The van der Waals surface area contributed by atoms with Gasteiger partial charge in [-0.05, 0) is 32.9 Å². The van der Waals surface area contributed by atoms with Crippen LogP contribution in [0.3, 0.4) is 0 Å². The van der Waals surface area contributed by atoms with Gasteiger partial charge in [0.2, 0.25) is 5.91 Å². The number of hydrogen-bond donors (Lipinski definition) is 0. The van der Waals surface area contributed by atoms with E-state index in [4.69, 9.17) is 32.7 Å². The Labute approximate surface area is 191 Å². The van der Waals surface area contributed by atoms with Crippen molar-refractivity contribution in [3.8, 4) is 5.75 Å². The van der Waals surface area contributed by atoms with Crippen molar-refractivity contribution in [1.82, 2.24) is 14.7 Å². The molecule has 1 fully saturated rings. The van der Waals surface area contributed by atoms with Gasteiger partial charge in [0.15, 0.2) is 5.69 Å². The molecule has 2 heterocycles. The molecule has 1 aromatic carbocycles. The van der Waals surface area contributed by atoms with Crippen molar-refractivity contribution in [2.24, 2.45) is 0 Å². The van der Waals surface area contributed by atoms with E-state index in [1.807, 2.05) is 19.1 Å². The highest BCUT2D eigenvalue weighted by Gasteiger charge is 2.30. The summed E-state index contributed by atoms with van der Waals surface area (Å²) in [6.07, 6.45) is 0. The van der Waals surface area contributed by atoms with E-state index in [1.54, 1.807) is 31.9 Å². The Hall–Kier alpha value is -2.45. The van der Waals surface area contributed by atoms with Gasteiger partial charge in [-0.15, -0.1) is 0 Å². The van der Waals surface area contributed by atoms with Gasteiger partial charge in [0.25, 0.3) is 0 Å². The molecule has 31 heavy (non-hydrogen) atoms. The van der Waals surface area contributed by atoms with Crippen LogP contribution < -0.4 is 9.64 Å². The summed E-state index contributed by atoms with van der Waals surface area (Å²) in [7, 11) is 1.58. The molecule has 0 aliphatic carbocycles. The van der Waals surface area contributed by atoms with E-state index in [-0.39, 0.29) is 35.8 Å². The lowest BCUT2D eigenvalue weighted by molar-refractivity contribution is -0.134. The van der Waals surface area contributed by atoms with Crippen molar-refractivity contribution in [1.29, 1.82) is 0 Å². The zero-order valence-electron chi connectivity index (χ0n) is 18.0. The molecule has 1 amide bonds. The van der Waals surface area contributed by atoms with Gasteiger partial charge >= 0.3 is 5.97 Å². The summed E-state index contributed by atoms with van der Waals surface area (Å²) in [5.41, 5.74) is 1.57. The number of aryl methyl sites for hydroxylation is 1. The average molecular weight is 469 g/mol. The molecule has 0 bridgehead atoms. The summed E-state index contributed by atoms with van der Waals surface area (Å²) < 4.78 is 11.7. The van der Waals surface area contributed by atoms with Crippen LogP contribution in [0.1, 0.15) is 30.0 Å². The minimum atomic E-state index is -0.588. The minimum absolute atomic E-state index is 0.0407. The van der Waals surface area contributed by atoms with Gasteiger partial charge in [-0.25, -0.2) is 9.48 Å². The molecule has 10 heteroatoms. The summed E-state index contributed by atoms with van der Waals surface area (Å²) >= 11 is 12.4. The second-order valence-corrected chi connectivity index (χ2v) is 8.11. The molecule has 0 radical (unpaired) electrons. The fourth-order valence-electron chi connectivity index (χ4n) is 3.70. The van der Waals surface area contributed by atoms with Crippen molar-refractivity contribution in [3.05, 3.63) is 39.6 Å². The molecule has 2 aromatic rings. The number of carbonyl (C=O) groups excluding carboxylic acids is 2. The second-order valence-electron chi connectivity index (χ2n) is 7.33. The van der Waals surface area contributed by atoms with Crippen LogP contribution in [0, 0.1) is 6.92 Å². The molecule has 3 rings (SSSR count). The minimum Gasteiger partial charge on any atom is -0.495 e. The Morgan fingerprint density at radius 2 is 2.00 bits per heavy atom. The summed E-state index contributed by atoms with van der Waals surface area (Å²) in [5, 5.41) is 5.03. The van der Waals surface area contributed by atoms with Crippen LogP contribution in [0.15, 0.2) is 18.2 Å². The molecule has 1 saturated heterocycles. The quantitative estimate of drug-likeness (QED) is 0.604. The summed E-state index contributed by atoms with van der Waals surface area (Å²) in [6, 6.07) is 5.60. The number of benzene rings is 1. The number of piperazine rings is 1. The zero-order valence-corrected chi connectivity index (χ0v) is 19.5. The van der Waals surface area contributed by atoms with Crippen molar-refractivity contribution in [2.75, 3.05) is 38.3 Å². The molecule has 1 aromatic heterocycles. The standard InChI is InChI=1S/C21H26Cl2N4O4/c1-5-31-21(29)20-19(23)14(3)24-27(20)12-18(28)26-9-8-25(11-13(26)2)15-6-7-16(22)17(10-15)30-4/h6-7,10,13H,5,8-9,11-12H2,1-4H3. The first-order valence-corrected chi connectivity index (χ1v) is 10.8. The lowest BCUT2D eigenvalue weighted by Gasteiger charge is -2.41. The van der Waals surface area contributed by atoms with E-state index in [1.165, 1.54) is 4.68 Å². The summed E-state index contributed by atoms with van der Waals surface area (Å²) in [4.78, 5) is 29.3. The van der Waals surface area contributed by atoms with Crippen LogP contribution in [0.25, 0.3) is 0 Å². The van der Waals surface area contributed by atoms with Crippen LogP contribution in [0.5, 0.6) is 5.75 Å². The molecule has 1 aliphatic rings. The molecule has 0 saturated carbocycles. The van der Waals surface area contributed by atoms with Crippen molar-refractivity contribution in [3.63, 3.8) is 0 Å². The largest absolute Gasteiger partial charge is 0.495 e. The summed E-state index contributed by atoms with van der Waals surface area (Å²) in [5.74, 6) is -0.108. The highest BCUT2D eigenvalue weighted by atomic mass is 35.5. The van der Waals surface area contributed by atoms with Crippen LogP contribution in [-0.2, 0) is 16.1 Å². The maximum atomic E-state index is 13.0. The Balaban J connectivity index is 1.71. The monoisotopic (exact) mass is 468 g/mol. The average Bonchev–Trinajstić information content (AvgIpc) is 3.01. The topological polar surface area (TPSA) is 76.9 Å². The number of esters is 1. The van der Waals surface area contributed by atoms with Crippen LogP contribution in [0.2, 0.25) is 10.0 Å². The third kappa shape index (κ3) is 4.91. The van der Waals surface area contributed by atoms with Gasteiger partial charge in [0.05, 0.1) is 29.5 Å². The Morgan fingerprint density at radius 1 is 1.26 bits per heavy atom. The molecular formula is C21H26Cl2N4O4. The number of amides is 1. The molecule has 0 spiro atoms. The number of rotatable bonds is 6. The third-order valence-electron chi connectivity index (χ3n) is 5.26. The van der Waals surface area contributed by atoms with Crippen LogP contribution in [-0.4, -0.2) is 65.9 Å². The van der Waals surface area contributed by atoms with Crippen molar-refractivity contribution in [2.45, 2.75) is 33.4 Å². The lowest BCUT2D eigenvalue weighted by atomic mass is 10.1. The molecule has 1 atom stereocenters. The lowest BCUT2D eigenvalue weighted by Crippen LogP contribution is -2.55. The van der Waals surface area contributed by atoms with E-state index in [0.29, 0.717) is 36.1 Å². The maximum Gasteiger partial charge on any atom is 0.358 e. The predicted molar refractivity (Wildman–Crippen MR) is 119 cm³/mol. The number of methoxy groups -OCH3 is 1. The van der Waals surface area contributed by atoms with Gasteiger partial charge in [-0.3, -0.25) is 4.79 Å². The molecule has 1 aliphatic heterocycles. The van der Waals surface area contributed by atoms with Gasteiger partial charge < -0.3 is 19.3 Å². The molecule has 1 unspecified atom stereocenters. The molecule has 8 nitrogen and oxygen atoms in total. The van der Waals surface area contributed by atoms with Gasteiger partial charge in [0.1, 0.15) is 12.3 Å². The van der Waals surface area contributed by atoms with Crippen molar-refractivity contribution < 1.29 is 19.1 Å². The zero-order chi connectivity index (χ0) is 22.7. The second kappa shape index (κ2) is 9.78. The molecular weight excluding hydrogens is 443 g/mol. The van der Waals surface area contributed by atoms with Gasteiger partial charge in [0, 0.05) is 37.4 Å². The third-order valence-corrected chi connectivity index (χ3v) is 6.02. The first-order valence-electron chi connectivity index (χ1n) is 10.0. The smallest absolute Gasteiger partial charge is 0.358 e. The van der Waals surface area contributed by atoms with E-state index in [2.05, 4.69) is 10.00 Å². The fraction of sp³-hybridized carbons (Fsp3) is 0.476. The number of nitrogens with zero attached hydrogens (tertiary/aromatic N) is 4. The first kappa shape index (κ1) is 23.2. The maximum absolute atomic E-state index is 13.0. The van der Waals surface area contributed by atoms with Crippen molar-refractivity contribution >= 4 is 40.8 Å². The van der Waals surface area contributed by atoms with E-state index in [0.717, 1.165) is 5.69 Å². The Kier molecular flexibility index (Phi) is 7.33. The van der Waals surface area contributed by atoms with E-state index < -0.39 is 5.97 Å². The van der Waals surface area contributed by atoms with Crippen LogP contribution >= 0.6 is 23.2 Å². The van der Waals surface area contributed by atoms with Gasteiger partial charge in [-0.1, -0.05) is 23.2 Å². The number of carbonyl (C=O) groups is 2. The van der Waals surface area contributed by atoms with E-state index >= 15 is 0 Å². The highest BCUT2D eigenvalue weighted by molar-refractivity contribution is 6.34. The number of aromatic nitrogens is 2. The number of ether oxygens (including phenoxy) is 2. The highest BCUT2D eigenvalue weighted by Crippen LogP contribution is 2.30. The fourth-order valence-corrected chi connectivity index (χ4v) is 4.10. The molecule has 0 N–H and O–H groups in total. The Morgan fingerprint density at radius 3 is 2.65 bits per heavy atom. The van der Waals surface area contributed by atoms with Gasteiger partial charge in [-0.2, -0.15) is 5.10 Å².